The van der Waals surface area contributed by atoms with Gasteiger partial charge in [0.1, 0.15) is 0 Å². The van der Waals surface area contributed by atoms with Crippen LogP contribution in [0.15, 0.2) is 17.4 Å². The molecule has 0 fully saturated rings. The van der Waals surface area contributed by atoms with Crippen LogP contribution in [0, 0.1) is 0 Å². The lowest BCUT2D eigenvalue weighted by Gasteiger charge is -2.10. The van der Waals surface area contributed by atoms with Gasteiger partial charge in [-0.25, -0.2) is 9.97 Å². The lowest BCUT2D eigenvalue weighted by molar-refractivity contribution is -0.119. The van der Waals surface area contributed by atoms with Crippen molar-refractivity contribution in [1.29, 1.82) is 0 Å². The molecule has 2 rings (SSSR count). The van der Waals surface area contributed by atoms with Crippen LogP contribution >= 0.6 is 23.4 Å². The van der Waals surface area contributed by atoms with Gasteiger partial charge in [0.25, 0.3) is 0 Å². The van der Waals surface area contributed by atoms with E-state index in [1.807, 2.05) is 13.8 Å². The van der Waals surface area contributed by atoms with Crippen molar-refractivity contribution < 1.29 is 4.79 Å². The maximum atomic E-state index is 11.6. The second kappa shape index (κ2) is 6.25. The standard InChI is InChI=1S/C12H15ClN4OS/c1-3-7(2)15-10(18)6-19-12-16-9-4-8(13)5-14-11(9)17-12/h4-5,7H,3,6H2,1-2H3,(H,15,18)(H,14,16,17)/t7-/m1/s1. The highest BCUT2D eigenvalue weighted by Crippen LogP contribution is 2.20. The summed E-state index contributed by atoms with van der Waals surface area (Å²) >= 11 is 7.20. The van der Waals surface area contributed by atoms with E-state index in [4.69, 9.17) is 11.6 Å². The first-order valence-electron chi connectivity index (χ1n) is 6.02. The Hall–Kier alpha value is -1.27. The molecule has 0 saturated heterocycles. The predicted molar refractivity (Wildman–Crippen MR) is 77.5 cm³/mol. The van der Waals surface area contributed by atoms with Gasteiger partial charge in [0.05, 0.1) is 16.3 Å². The number of carbonyl (C=O) groups excluding carboxylic acids is 1. The Labute approximate surface area is 120 Å². The second-order valence-electron chi connectivity index (χ2n) is 4.23. The van der Waals surface area contributed by atoms with Crippen molar-refractivity contribution in [3.05, 3.63) is 17.3 Å². The maximum Gasteiger partial charge on any atom is 0.230 e. The summed E-state index contributed by atoms with van der Waals surface area (Å²) in [5.41, 5.74) is 1.38. The Balaban J connectivity index is 1.96. The van der Waals surface area contributed by atoms with Gasteiger partial charge in [-0.05, 0) is 19.4 Å². The molecule has 1 atom stereocenters. The molecule has 19 heavy (non-hydrogen) atoms. The molecule has 0 aliphatic heterocycles. The predicted octanol–water partition coefficient (Wildman–Crippen LogP) is 2.62. The minimum Gasteiger partial charge on any atom is -0.353 e. The number of amides is 1. The maximum absolute atomic E-state index is 11.6. The molecule has 0 spiro atoms. The Bertz CT molecular complexity index is 586. The van der Waals surface area contributed by atoms with Crippen molar-refractivity contribution in [2.45, 2.75) is 31.5 Å². The van der Waals surface area contributed by atoms with Crippen molar-refractivity contribution >= 4 is 40.4 Å². The highest BCUT2D eigenvalue weighted by molar-refractivity contribution is 7.99. The zero-order chi connectivity index (χ0) is 13.8. The van der Waals surface area contributed by atoms with E-state index >= 15 is 0 Å². The number of aromatic nitrogens is 3. The molecule has 1 amide bonds. The number of hydrogen-bond acceptors (Lipinski definition) is 4. The molecule has 2 heterocycles. The zero-order valence-electron chi connectivity index (χ0n) is 10.7. The molecule has 2 aromatic rings. The van der Waals surface area contributed by atoms with Gasteiger partial charge in [-0.15, -0.1) is 0 Å². The molecule has 0 unspecified atom stereocenters. The Morgan fingerprint density at radius 2 is 2.42 bits per heavy atom. The number of imidazole rings is 1. The first kappa shape index (κ1) is 14.1. The van der Waals surface area contributed by atoms with Crippen LogP contribution < -0.4 is 5.32 Å². The molecule has 0 saturated carbocycles. The van der Waals surface area contributed by atoms with Gasteiger partial charge >= 0.3 is 0 Å². The van der Waals surface area contributed by atoms with Crippen LogP contribution in [0.5, 0.6) is 0 Å². The molecule has 0 aromatic carbocycles. The molecule has 0 radical (unpaired) electrons. The number of nitrogens with one attached hydrogen (secondary N) is 2. The number of carbonyl (C=O) groups is 1. The lowest BCUT2D eigenvalue weighted by Crippen LogP contribution is -2.33. The third-order valence-corrected chi connectivity index (χ3v) is 3.72. The Morgan fingerprint density at radius 1 is 1.63 bits per heavy atom. The summed E-state index contributed by atoms with van der Waals surface area (Å²) in [5.74, 6) is 0.337. The van der Waals surface area contributed by atoms with E-state index in [-0.39, 0.29) is 11.9 Å². The smallest absolute Gasteiger partial charge is 0.230 e. The molecule has 0 aliphatic rings. The van der Waals surface area contributed by atoms with Crippen LogP contribution in [0.1, 0.15) is 20.3 Å². The number of aromatic amines is 1. The molecular formula is C12H15ClN4OS. The van der Waals surface area contributed by atoms with Crippen LogP contribution in [-0.2, 0) is 4.79 Å². The summed E-state index contributed by atoms with van der Waals surface area (Å²) in [4.78, 5) is 23.1. The van der Waals surface area contributed by atoms with Gasteiger partial charge < -0.3 is 10.3 Å². The van der Waals surface area contributed by atoms with Gasteiger partial charge in [-0.1, -0.05) is 30.3 Å². The molecule has 0 bridgehead atoms. The molecule has 0 aliphatic carbocycles. The first-order valence-corrected chi connectivity index (χ1v) is 7.38. The lowest BCUT2D eigenvalue weighted by atomic mass is 10.3. The Kier molecular flexibility index (Phi) is 4.66. The number of rotatable bonds is 5. The highest BCUT2D eigenvalue weighted by atomic mass is 35.5. The zero-order valence-corrected chi connectivity index (χ0v) is 12.3. The van der Waals surface area contributed by atoms with E-state index in [0.29, 0.717) is 21.6 Å². The van der Waals surface area contributed by atoms with Crippen molar-refractivity contribution in [3.8, 4) is 0 Å². The van der Waals surface area contributed by atoms with E-state index in [0.717, 1.165) is 11.9 Å². The molecule has 2 N–H and O–H groups in total. The van der Waals surface area contributed by atoms with E-state index in [2.05, 4.69) is 20.3 Å². The van der Waals surface area contributed by atoms with Crippen molar-refractivity contribution in [2.75, 3.05) is 5.75 Å². The molecular weight excluding hydrogens is 284 g/mol. The van der Waals surface area contributed by atoms with E-state index in [1.54, 1.807) is 12.3 Å². The van der Waals surface area contributed by atoms with E-state index < -0.39 is 0 Å². The van der Waals surface area contributed by atoms with Crippen LogP contribution in [0.25, 0.3) is 11.2 Å². The topological polar surface area (TPSA) is 70.7 Å². The summed E-state index contributed by atoms with van der Waals surface area (Å²) in [7, 11) is 0. The van der Waals surface area contributed by atoms with Gasteiger partial charge in [0.15, 0.2) is 10.8 Å². The van der Waals surface area contributed by atoms with Gasteiger partial charge in [0.2, 0.25) is 5.91 Å². The SMILES string of the molecule is CC[C@@H](C)NC(=O)CSc1nc2ncc(Cl)cc2[nH]1. The number of thioether (sulfide) groups is 1. The summed E-state index contributed by atoms with van der Waals surface area (Å²) in [6.45, 7) is 4.02. The van der Waals surface area contributed by atoms with E-state index in [1.165, 1.54) is 11.8 Å². The number of fused-ring (bicyclic) bond motifs is 1. The number of pyridine rings is 1. The molecule has 2 aromatic heterocycles. The minimum atomic E-state index is 0.00537. The normalized spacial score (nSPS) is 12.6. The number of hydrogen-bond donors (Lipinski definition) is 2. The molecule has 7 heteroatoms. The summed E-state index contributed by atoms with van der Waals surface area (Å²) in [6, 6.07) is 1.96. The third kappa shape index (κ3) is 3.84. The minimum absolute atomic E-state index is 0.00537. The van der Waals surface area contributed by atoms with Crippen LogP contribution in [0.4, 0.5) is 0 Å². The fraction of sp³-hybridized carbons (Fsp3) is 0.417. The summed E-state index contributed by atoms with van der Waals surface area (Å²) < 4.78 is 0. The second-order valence-corrected chi connectivity index (χ2v) is 5.63. The average Bonchev–Trinajstić information content (AvgIpc) is 2.78. The number of H-pyrrole nitrogens is 1. The highest BCUT2D eigenvalue weighted by Gasteiger charge is 2.09. The summed E-state index contributed by atoms with van der Waals surface area (Å²) in [6.07, 6.45) is 2.47. The summed E-state index contributed by atoms with van der Waals surface area (Å²) in [5, 5.41) is 4.13. The fourth-order valence-electron chi connectivity index (χ4n) is 1.47. The Morgan fingerprint density at radius 3 is 3.16 bits per heavy atom. The average molecular weight is 299 g/mol. The van der Waals surface area contributed by atoms with Crippen LogP contribution in [0.3, 0.4) is 0 Å². The number of nitrogens with zero attached hydrogens (tertiary/aromatic N) is 2. The monoisotopic (exact) mass is 298 g/mol. The fourth-order valence-corrected chi connectivity index (χ4v) is 2.32. The van der Waals surface area contributed by atoms with Crippen molar-refractivity contribution in [2.24, 2.45) is 0 Å². The van der Waals surface area contributed by atoms with Crippen molar-refractivity contribution in [1.82, 2.24) is 20.3 Å². The number of halogens is 1. The van der Waals surface area contributed by atoms with Crippen LogP contribution in [-0.4, -0.2) is 32.7 Å². The van der Waals surface area contributed by atoms with E-state index in [9.17, 15) is 4.79 Å². The largest absolute Gasteiger partial charge is 0.353 e. The molecule has 5 nitrogen and oxygen atoms in total. The first-order chi connectivity index (χ1) is 9.08. The van der Waals surface area contributed by atoms with Gasteiger partial charge in [-0.2, -0.15) is 0 Å². The van der Waals surface area contributed by atoms with Crippen molar-refractivity contribution in [3.63, 3.8) is 0 Å². The van der Waals surface area contributed by atoms with Gasteiger partial charge in [0, 0.05) is 12.2 Å². The quantitative estimate of drug-likeness (QED) is 0.833. The van der Waals surface area contributed by atoms with Gasteiger partial charge in [-0.3, -0.25) is 4.79 Å². The van der Waals surface area contributed by atoms with Crippen LogP contribution in [0.2, 0.25) is 5.02 Å². The molecule has 102 valence electrons. The third-order valence-electron chi connectivity index (χ3n) is 2.64.